The first-order chi connectivity index (χ1) is 14.3. The molecule has 4 rings (SSSR count). The zero-order chi connectivity index (χ0) is 21.4. The first kappa shape index (κ1) is 21.0. The van der Waals surface area contributed by atoms with Gasteiger partial charge >= 0.3 is 0 Å². The van der Waals surface area contributed by atoms with Crippen LogP contribution in [0, 0.1) is 20.8 Å². The van der Waals surface area contributed by atoms with Crippen molar-refractivity contribution in [1.29, 1.82) is 0 Å². The van der Waals surface area contributed by atoms with E-state index in [2.05, 4.69) is 4.98 Å². The predicted molar refractivity (Wildman–Crippen MR) is 119 cm³/mol. The van der Waals surface area contributed by atoms with Crippen molar-refractivity contribution in [2.45, 2.75) is 46.3 Å². The summed E-state index contributed by atoms with van der Waals surface area (Å²) in [5.74, 6) is -0.231. The third kappa shape index (κ3) is 3.99. The molecule has 1 atom stereocenters. The third-order valence-corrected chi connectivity index (χ3v) is 6.99. The fraction of sp³-hybridized carbons (Fsp3) is 0.429. The lowest BCUT2D eigenvalue weighted by atomic mass is 10.2. The summed E-state index contributed by atoms with van der Waals surface area (Å²) in [6, 6.07) is 3.76. The molecule has 0 bridgehead atoms. The molecule has 1 unspecified atom stereocenters. The lowest BCUT2D eigenvalue weighted by Crippen LogP contribution is -2.41. The van der Waals surface area contributed by atoms with Gasteiger partial charge in [0.25, 0.3) is 5.56 Å². The van der Waals surface area contributed by atoms with E-state index in [-0.39, 0.29) is 24.1 Å². The highest BCUT2D eigenvalue weighted by Gasteiger charge is 2.27. The Morgan fingerprint density at radius 3 is 2.87 bits per heavy atom. The number of ether oxygens (including phenoxy) is 1. The molecule has 2 aromatic heterocycles. The second-order valence-electron chi connectivity index (χ2n) is 7.57. The van der Waals surface area contributed by atoms with Gasteiger partial charge in [0.15, 0.2) is 5.13 Å². The van der Waals surface area contributed by atoms with E-state index in [1.165, 1.54) is 22.2 Å². The van der Waals surface area contributed by atoms with Crippen LogP contribution in [0.5, 0.6) is 0 Å². The largest absolute Gasteiger partial charge is 0.376 e. The highest BCUT2D eigenvalue weighted by atomic mass is 35.5. The molecule has 1 amide bonds. The second kappa shape index (κ2) is 8.45. The van der Waals surface area contributed by atoms with Crippen molar-refractivity contribution < 1.29 is 9.53 Å². The molecule has 0 saturated carbocycles. The molecule has 1 aromatic carbocycles. The summed E-state index contributed by atoms with van der Waals surface area (Å²) in [6.45, 7) is 6.44. The third-order valence-electron chi connectivity index (χ3n) is 5.45. The van der Waals surface area contributed by atoms with Crippen LogP contribution in [0.1, 0.15) is 29.7 Å². The van der Waals surface area contributed by atoms with Gasteiger partial charge < -0.3 is 4.74 Å². The molecule has 0 radical (unpaired) electrons. The first-order valence-electron chi connectivity index (χ1n) is 9.85. The van der Waals surface area contributed by atoms with Gasteiger partial charge in [-0.3, -0.25) is 19.1 Å². The molecule has 3 aromatic rings. The van der Waals surface area contributed by atoms with Gasteiger partial charge in [0.05, 0.1) is 34.2 Å². The molecule has 1 aliphatic heterocycles. The average Bonchev–Trinajstić information content (AvgIpc) is 3.39. The first-order valence-corrected chi connectivity index (χ1v) is 11.0. The fourth-order valence-electron chi connectivity index (χ4n) is 3.50. The van der Waals surface area contributed by atoms with Crippen molar-refractivity contribution in [2.75, 3.05) is 18.1 Å². The lowest BCUT2D eigenvalue weighted by Gasteiger charge is -2.23. The summed E-state index contributed by atoms with van der Waals surface area (Å²) in [5.41, 5.74) is 2.78. The van der Waals surface area contributed by atoms with Crippen LogP contribution in [0.3, 0.4) is 0 Å². The number of halogens is 1. The van der Waals surface area contributed by atoms with E-state index in [9.17, 15) is 9.59 Å². The number of amides is 1. The Morgan fingerprint density at radius 1 is 1.37 bits per heavy atom. The number of thiazole rings is 1. The van der Waals surface area contributed by atoms with Gasteiger partial charge in [-0.15, -0.1) is 0 Å². The Kier molecular flexibility index (Phi) is 5.90. The minimum absolute atomic E-state index is 0.0490. The summed E-state index contributed by atoms with van der Waals surface area (Å²) < 4.78 is 7.96. The van der Waals surface area contributed by atoms with Crippen molar-refractivity contribution in [3.8, 4) is 0 Å². The molecular weight excluding hydrogens is 424 g/mol. The molecular formula is C21H23ClN4O3S. The molecule has 3 heterocycles. The van der Waals surface area contributed by atoms with Crippen molar-refractivity contribution in [3.63, 3.8) is 0 Å². The predicted octanol–water partition coefficient (Wildman–Crippen LogP) is 3.64. The number of hydrogen-bond acceptors (Lipinski definition) is 6. The van der Waals surface area contributed by atoms with Crippen LogP contribution >= 0.6 is 22.9 Å². The van der Waals surface area contributed by atoms with E-state index >= 15 is 0 Å². The smallest absolute Gasteiger partial charge is 0.256 e. The number of nitrogens with zero attached hydrogens (tertiary/aromatic N) is 4. The zero-order valence-corrected chi connectivity index (χ0v) is 18.7. The van der Waals surface area contributed by atoms with Crippen molar-refractivity contribution in [2.24, 2.45) is 0 Å². The summed E-state index contributed by atoms with van der Waals surface area (Å²) in [6.07, 6.45) is 3.23. The highest BCUT2D eigenvalue weighted by Crippen LogP contribution is 2.36. The summed E-state index contributed by atoms with van der Waals surface area (Å²) >= 11 is 7.75. The van der Waals surface area contributed by atoms with Crippen molar-refractivity contribution >= 4 is 44.2 Å². The second-order valence-corrected chi connectivity index (χ2v) is 8.95. The quantitative estimate of drug-likeness (QED) is 0.598. The Balaban J connectivity index is 1.70. The molecule has 0 spiro atoms. The number of hydrogen-bond donors (Lipinski definition) is 0. The van der Waals surface area contributed by atoms with Gasteiger partial charge in [-0.25, -0.2) is 9.97 Å². The van der Waals surface area contributed by atoms with Crippen molar-refractivity contribution in [3.05, 3.63) is 50.7 Å². The highest BCUT2D eigenvalue weighted by molar-refractivity contribution is 7.23. The van der Waals surface area contributed by atoms with Gasteiger partial charge in [0, 0.05) is 17.9 Å². The Labute approximate surface area is 183 Å². The zero-order valence-electron chi connectivity index (χ0n) is 17.1. The van der Waals surface area contributed by atoms with Crippen molar-refractivity contribution in [1.82, 2.24) is 14.5 Å². The Hall–Kier alpha value is -2.29. The normalized spacial score (nSPS) is 16.3. The molecule has 9 heteroatoms. The maximum absolute atomic E-state index is 13.3. The van der Waals surface area contributed by atoms with E-state index in [0.717, 1.165) is 28.6 Å². The molecule has 1 saturated heterocycles. The minimum Gasteiger partial charge on any atom is -0.376 e. The average molecular weight is 447 g/mol. The fourth-order valence-corrected chi connectivity index (χ4v) is 4.85. The number of benzene rings is 1. The lowest BCUT2D eigenvalue weighted by molar-refractivity contribution is -0.119. The van der Waals surface area contributed by atoms with Gasteiger partial charge in [-0.2, -0.15) is 0 Å². The monoisotopic (exact) mass is 446 g/mol. The minimum atomic E-state index is -0.231. The number of fused-ring (bicyclic) bond motifs is 1. The summed E-state index contributed by atoms with van der Waals surface area (Å²) in [4.78, 5) is 36.4. The summed E-state index contributed by atoms with van der Waals surface area (Å²) in [7, 11) is 0. The number of anilines is 1. The van der Waals surface area contributed by atoms with Crippen LogP contribution < -0.4 is 10.5 Å². The number of aryl methyl sites for hydroxylation is 2. The number of aromatic nitrogens is 3. The van der Waals surface area contributed by atoms with Crippen LogP contribution in [0.15, 0.2) is 23.3 Å². The molecule has 1 aliphatic rings. The topological polar surface area (TPSA) is 77.3 Å². The Morgan fingerprint density at radius 2 is 2.17 bits per heavy atom. The molecule has 158 valence electrons. The summed E-state index contributed by atoms with van der Waals surface area (Å²) in [5, 5.41) is 1.17. The molecule has 1 fully saturated rings. The van der Waals surface area contributed by atoms with Gasteiger partial charge in [0.1, 0.15) is 6.54 Å². The van der Waals surface area contributed by atoms with E-state index in [4.69, 9.17) is 21.3 Å². The van der Waals surface area contributed by atoms with Crippen LogP contribution in [0.25, 0.3) is 10.2 Å². The van der Waals surface area contributed by atoms with E-state index < -0.39 is 0 Å². The van der Waals surface area contributed by atoms with Crippen LogP contribution in [-0.2, 0) is 16.1 Å². The van der Waals surface area contributed by atoms with E-state index in [1.807, 2.05) is 19.1 Å². The van der Waals surface area contributed by atoms with Crippen LogP contribution in [0.2, 0.25) is 5.02 Å². The number of carbonyl (C=O) groups excluding carboxylic acids is 1. The molecule has 30 heavy (non-hydrogen) atoms. The molecule has 0 N–H and O–H groups in total. The van der Waals surface area contributed by atoms with E-state index in [1.54, 1.807) is 18.7 Å². The molecule has 0 aliphatic carbocycles. The van der Waals surface area contributed by atoms with Crippen LogP contribution in [0.4, 0.5) is 5.13 Å². The molecule has 7 nitrogen and oxygen atoms in total. The number of carbonyl (C=O) groups is 1. The Bertz CT molecular complexity index is 1130. The van der Waals surface area contributed by atoms with Gasteiger partial charge in [0.2, 0.25) is 5.91 Å². The van der Waals surface area contributed by atoms with Gasteiger partial charge in [-0.1, -0.05) is 29.0 Å². The SMILES string of the molecule is Cc1ncn(CC(=O)N(CC2CCCO2)c2nc3c(C)ccc(Cl)c3s2)c(=O)c1C. The maximum Gasteiger partial charge on any atom is 0.256 e. The van der Waals surface area contributed by atoms with E-state index in [0.29, 0.717) is 34.6 Å². The number of rotatable bonds is 5. The van der Waals surface area contributed by atoms with Gasteiger partial charge in [-0.05, 0) is 45.2 Å². The maximum atomic E-state index is 13.3. The standard InChI is InChI=1S/C21H23ClN4O3S/c1-12-6-7-16(22)19-18(12)24-21(30-19)26(9-15-5-4-8-29-15)17(27)10-25-11-23-14(3)13(2)20(25)28/h6-7,11,15H,4-5,8-10H2,1-3H3. The van der Waals surface area contributed by atoms with Crippen LogP contribution in [-0.4, -0.2) is 39.7 Å².